The number of nitrogens with one attached hydrogen (secondary N) is 1. The smallest absolute Gasteiger partial charge is 0.193 e. The molecule has 2 rings (SSSR count). The summed E-state index contributed by atoms with van der Waals surface area (Å²) in [5, 5.41) is 3.57. The zero-order chi connectivity index (χ0) is 14.4. The van der Waals surface area contributed by atoms with E-state index in [-0.39, 0.29) is 24.0 Å². The van der Waals surface area contributed by atoms with Crippen LogP contribution in [0.4, 0.5) is 0 Å². The number of guanidine groups is 1. The summed E-state index contributed by atoms with van der Waals surface area (Å²) in [6.07, 6.45) is 3.85. The molecule has 2 aliphatic heterocycles. The fraction of sp³-hybridized carbons (Fsp3) is 0.933. The minimum Gasteiger partial charge on any atom is -0.384 e. The van der Waals surface area contributed by atoms with E-state index in [2.05, 4.69) is 27.0 Å². The van der Waals surface area contributed by atoms with E-state index in [4.69, 9.17) is 4.74 Å². The maximum Gasteiger partial charge on any atom is 0.193 e. The van der Waals surface area contributed by atoms with Crippen LogP contribution in [0.15, 0.2) is 4.99 Å². The predicted octanol–water partition coefficient (Wildman–Crippen LogP) is 1.63. The number of likely N-dealkylation sites (tertiary alicyclic amines) is 2. The van der Waals surface area contributed by atoms with Crippen LogP contribution in [0.25, 0.3) is 0 Å². The van der Waals surface area contributed by atoms with Crippen LogP contribution in [0.5, 0.6) is 0 Å². The number of rotatable bonds is 5. The summed E-state index contributed by atoms with van der Waals surface area (Å²) in [5.41, 5.74) is 0. The number of aliphatic imine (C=N–C) groups is 1. The van der Waals surface area contributed by atoms with Crippen LogP contribution < -0.4 is 5.32 Å². The molecule has 2 fully saturated rings. The Kier molecular flexibility index (Phi) is 8.89. The molecule has 2 atom stereocenters. The minimum absolute atomic E-state index is 0. The van der Waals surface area contributed by atoms with E-state index in [1.807, 2.05) is 7.05 Å². The van der Waals surface area contributed by atoms with Crippen LogP contribution >= 0.6 is 24.0 Å². The monoisotopic (exact) mass is 410 g/mol. The standard InChI is InChI=1S/C15H30N4O.HI/c1-4-18-8-5-6-14(18)10-17-15(16-2)19-9-7-13(11-19)12-20-3;/h13-14H,4-12H2,1-3H3,(H,16,17);1H. The van der Waals surface area contributed by atoms with Crippen LogP contribution in [0.3, 0.4) is 0 Å². The van der Waals surface area contributed by atoms with Gasteiger partial charge >= 0.3 is 0 Å². The first-order valence-electron chi connectivity index (χ1n) is 7.97. The van der Waals surface area contributed by atoms with Gasteiger partial charge in [-0.15, -0.1) is 24.0 Å². The summed E-state index contributed by atoms with van der Waals surface area (Å²) in [7, 11) is 3.67. The fourth-order valence-electron chi connectivity index (χ4n) is 3.48. The molecule has 0 amide bonds. The predicted molar refractivity (Wildman–Crippen MR) is 98.6 cm³/mol. The first-order chi connectivity index (χ1) is 9.78. The van der Waals surface area contributed by atoms with E-state index in [1.54, 1.807) is 7.11 Å². The fourth-order valence-corrected chi connectivity index (χ4v) is 3.48. The molecule has 0 bridgehead atoms. The maximum atomic E-state index is 5.26. The molecule has 0 aromatic heterocycles. The second-order valence-corrected chi connectivity index (χ2v) is 5.91. The van der Waals surface area contributed by atoms with Gasteiger partial charge in [-0.05, 0) is 32.4 Å². The first-order valence-corrected chi connectivity index (χ1v) is 7.97. The maximum absolute atomic E-state index is 5.26. The third-order valence-corrected chi connectivity index (χ3v) is 4.60. The van der Waals surface area contributed by atoms with E-state index in [1.165, 1.54) is 25.8 Å². The van der Waals surface area contributed by atoms with E-state index in [9.17, 15) is 0 Å². The third kappa shape index (κ3) is 5.25. The van der Waals surface area contributed by atoms with Crippen LogP contribution in [0.1, 0.15) is 26.2 Å². The van der Waals surface area contributed by atoms with Crippen molar-refractivity contribution in [2.45, 2.75) is 32.2 Å². The highest BCUT2D eigenvalue weighted by molar-refractivity contribution is 14.0. The molecular weight excluding hydrogens is 379 g/mol. The average molecular weight is 410 g/mol. The van der Waals surface area contributed by atoms with Crippen molar-refractivity contribution in [2.75, 3.05) is 53.5 Å². The van der Waals surface area contributed by atoms with Gasteiger partial charge in [0, 0.05) is 45.8 Å². The van der Waals surface area contributed by atoms with E-state index in [0.717, 1.165) is 38.7 Å². The number of nitrogens with zero attached hydrogens (tertiary/aromatic N) is 3. The summed E-state index contributed by atoms with van der Waals surface area (Å²) in [6, 6.07) is 0.675. The molecule has 6 heteroatoms. The summed E-state index contributed by atoms with van der Waals surface area (Å²) in [6.45, 7) is 8.70. The highest BCUT2D eigenvalue weighted by Gasteiger charge is 2.27. The summed E-state index contributed by atoms with van der Waals surface area (Å²) >= 11 is 0. The number of ether oxygens (including phenoxy) is 1. The van der Waals surface area contributed by atoms with Crippen molar-refractivity contribution in [3.8, 4) is 0 Å². The topological polar surface area (TPSA) is 40.1 Å². The van der Waals surface area contributed by atoms with Gasteiger partial charge in [0.05, 0.1) is 6.61 Å². The summed E-state index contributed by atoms with van der Waals surface area (Å²) < 4.78 is 5.26. The normalized spacial score (nSPS) is 27.0. The van der Waals surface area contributed by atoms with Crippen molar-refractivity contribution in [1.29, 1.82) is 0 Å². The zero-order valence-electron chi connectivity index (χ0n) is 13.7. The highest BCUT2D eigenvalue weighted by atomic mass is 127. The Morgan fingerprint density at radius 1 is 1.33 bits per heavy atom. The molecule has 2 saturated heterocycles. The van der Waals surface area contributed by atoms with Gasteiger partial charge in [0.15, 0.2) is 5.96 Å². The molecule has 0 saturated carbocycles. The molecule has 2 unspecified atom stereocenters. The molecular formula is C15H31IN4O. The van der Waals surface area contributed by atoms with Crippen molar-refractivity contribution in [1.82, 2.24) is 15.1 Å². The molecule has 5 nitrogen and oxygen atoms in total. The Balaban J connectivity index is 0.00000220. The van der Waals surface area contributed by atoms with Gasteiger partial charge in [-0.25, -0.2) is 0 Å². The van der Waals surface area contributed by atoms with Crippen LogP contribution in [0, 0.1) is 5.92 Å². The lowest BCUT2D eigenvalue weighted by Gasteiger charge is -2.27. The van der Waals surface area contributed by atoms with Crippen LogP contribution in [-0.4, -0.2) is 75.3 Å². The second kappa shape index (κ2) is 9.84. The van der Waals surface area contributed by atoms with Crippen molar-refractivity contribution < 1.29 is 4.74 Å². The quantitative estimate of drug-likeness (QED) is 0.425. The number of halogens is 1. The number of hydrogen-bond donors (Lipinski definition) is 1. The van der Waals surface area contributed by atoms with Crippen LogP contribution in [0.2, 0.25) is 0 Å². The lowest BCUT2D eigenvalue weighted by molar-refractivity contribution is 0.157. The van der Waals surface area contributed by atoms with E-state index >= 15 is 0 Å². The summed E-state index contributed by atoms with van der Waals surface area (Å²) in [4.78, 5) is 9.39. The van der Waals surface area contributed by atoms with Crippen molar-refractivity contribution >= 4 is 29.9 Å². The molecule has 21 heavy (non-hydrogen) atoms. The molecule has 0 spiro atoms. The van der Waals surface area contributed by atoms with Gasteiger partial charge in [0.1, 0.15) is 0 Å². The second-order valence-electron chi connectivity index (χ2n) is 5.91. The Bertz CT molecular complexity index is 327. The van der Waals surface area contributed by atoms with Crippen LogP contribution in [-0.2, 0) is 4.74 Å². The Hall–Kier alpha value is -0.0800. The molecule has 2 aliphatic rings. The van der Waals surface area contributed by atoms with Crippen molar-refractivity contribution in [3.05, 3.63) is 0 Å². The molecule has 124 valence electrons. The molecule has 0 aliphatic carbocycles. The third-order valence-electron chi connectivity index (χ3n) is 4.60. The molecule has 1 N–H and O–H groups in total. The average Bonchev–Trinajstić information content (AvgIpc) is 3.09. The van der Waals surface area contributed by atoms with Gasteiger partial charge in [-0.1, -0.05) is 6.92 Å². The van der Waals surface area contributed by atoms with Crippen molar-refractivity contribution in [2.24, 2.45) is 10.9 Å². The van der Waals surface area contributed by atoms with Gasteiger partial charge in [0.2, 0.25) is 0 Å². The molecule has 2 heterocycles. The van der Waals surface area contributed by atoms with Gasteiger partial charge in [0.25, 0.3) is 0 Å². The highest BCUT2D eigenvalue weighted by Crippen LogP contribution is 2.18. The van der Waals surface area contributed by atoms with E-state index < -0.39 is 0 Å². The Morgan fingerprint density at radius 3 is 2.81 bits per heavy atom. The lowest BCUT2D eigenvalue weighted by atomic mass is 10.1. The molecule has 0 aromatic rings. The Labute approximate surface area is 146 Å². The minimum atomic E-state index is 0. The van der Waals surface area contributed by atoms with Gasteiger partial charge in [-0.2, -0.15) is 0 Å². The van der Waals surface area contributed by atoms with Gasteiger partial charge < -0.3 is 15.0 Å². The molecule has 0 radical (unpaired) electrons. The lowest BCUT2D eigenvalue weighted by Crippen LogP contribution is -2.46. The van der Waals surface area contributed by atoms with E-state index in [0.29, 0.717) is 12.0 Å². The SMILES string of the molecule is CCN1CCCC1CNC(=NC)N1CCC(COC)C1.I. The Morgan fingerprint density at radius 2 is 2.14 bits per heavy atom. The summed E-state index contributed by atoms with van der Waals surface area (Å²) in [5.74, 6) is 1.71. The first kappa shape index (κ1) is 19.0. The number of methoxy groups -OCH3 is 1. The van der Waals surface area contributed by atoms with Crippen molar-refractivity contribution in [3.63, 3.8) is 0 Å². The number of hydrogen-bond acceptors (Lipinski definition) is 3. The number of likely N-dealkylation sites (N-methyl/N-ethyl adjacent to an activating group) is 1. The zero-order valence-corrected chi connectivity index (χ0v) is 16.0. The molecule has 0 aromatic carbocycles. The van der Waals surface area contributed by atoms with Gasteiger partial charge in [-0.3, -0.25) is 9.89 Å². The largest absolute Gasteiger partial charge is 0.384 e.